The molecule has 3 rings (SSSR count). The lowest BCUT2D eigenvalue weighted by Crippen LogP contribution is -2.27. The Hall–Kier alpha value is -2.45. The number of non-ortho nitro benzene ring substituents is 1. The Kier molecular flexibility index (Phi) is 5.85. The largest absolute Gasteiger partial charge is 0.355 e. The van der Waals surface area contributed by atoms with E-state index in [1.165, 1.54) is 46.4 Å². The summed E-state index contributed by atoms with van der Waals surface area (Å²) in [6, 6.07) is 12.7. The molecule has 0 aliphatic heterocycles. The van der Waals surface area contributed by atoms with Crippen LogP contribution in [0.5, 0.6) is 0 Å². The Morgan fingerprint density at radius 3 is 2.88 bits per heavy atom. The van der Waals surface area contributed by atoms with Crippen LogP contribution in [0.15, 0.2) is 46.8 Å². The highest BCUT2D eigenvalue weighted by Crippen LogP contribution is 2.31. The summed E-state index contributed by atoms with van der Waals surface area (Å²) < 4.78 is 1.48. The van der Waals surface area contributed by atoms with Crippen LogP contribution in [0, 0.1) is 17.0 Å². The molecule has 3 aromatic rings. The molecule has 0 spiro atoms. The fourth-order valence-electron chi connectivity index (χ4n) is 2.47. The molecule has 1 N–H and O–H groups in total. The maximum absolute atomic E-state index is 12.0. The van der Waals surface area contributed by atoms with E-state index < -0.39 is 4.92 Å². The van der Waals surface area contributed by atoms with Crippen LogP contribution in [-0.4, -0.2) is 28.1 Å². The summed E-state index contributed by atoms with van der Waals surface area (Å²) in [5.74, 6) is 0.226. The molecule has 0 atom stereocenters. The summed E-state index contributed by atoms with van der Waals surface area (Å²) in [5.41, 5.74) is 3.21. The van der Waals surface area contributed by atoms with Gasteiger partial charge in [0.15, 0.2) is 4.34 Å². The molecule has 0 aliphatic carbocycles. The first-order valence-electron chi connectivity index (χ1n) is 8.02. The third-order valence-corrected chi connectivity index (χ3v) is 6.03. The summed E-state index contributed by atoms with van der Waals surface area (Å²) in [6.07, 6.45) is 0.799. The minimum Gasteiger partial charge on any atom is -0.355 e. The minimum absolute atomic E-state index is 0.0474. The van der Waals surface area contributed by atoms with Gasteiger partial charge in [0.05, 0.1) is 20.9 Å². The number of nitro benzene ring substituents is 1. The molecule has 6 nitrogen and oxygen atoms in total. The molecular weight excluding hydrogens is 370 g/mol. The standard InChI is InChI=1S/C18H17N3O3S2/c1-12-4-2-3-5-13(12)8-9-19-17(22)11-25-18-20-15-7-6-14(21(23)24)10-16(15)26-18/h2-7,10H,8-9,11H2,1H3,(H,19,22). The Morgan fingerprint density at radius 2 is 2.12 bits per heavy atom. The number of nitro groups is 1. The molecule has 2 aromatic carbocycles. The lowest BCUT2D eigenvalue weighted by atomic mass is 10.1. The summed E-state index contributed by atoms with van der Waals surface area (Å²) in [5, 5.41) is 13.7. The molecule has 26 heavy (non-hydrogen) atoms. The quantitative estimate of drug-likeness (QED) is 0.377. The first-order chi connectivity index (χ1) is 12.5. The molecule has 0 aliphatic rings. The van der Waals surface area contributed by atoms with Gasteiger partial charge in [-0.25, -0.2) is 4.98 Å². The van der Waals surface area contributed by atoms with E-state index >= 15 is 0 Å². The predicted molar refractivity (Wildman–Crippen MR) is 105 cm³/mol. The predicted octanol–water partition coefficient (Wildman–Crippen LogP) is 3.96. The van der Waals surface area contributed by atoms with Gasteiger partial charge in [0, 0.05) is 18.7 Å². The van der Waals surface area contributed by atoms with Crippen molar-refractivity contribution in [3.8, 4) is 0 Å². The Bertz CT molecular complexity index is 956. The highest BCUT2D eigenvalue weighted by Gasteiger charge is 2.11. The lowest BCUT2D eigenvalue weighted by Gasteiger charge is -2.06. The molecule has 8 heteroatoms. The molecule has 0 unspecified atom stereocenters. The van der Waals surface area contributed by atoms with Crippen molar-refractivity contribution in [3.63, 3.8) is 0 Å². The fourth-order valence-corrected chi connectivity index (χ4v) is 4.40. The summed E-state index contributed by atoms with van der Waals surface area (Å²) in [7, 11) is 0. The molecule has 0 saturated heterocycles. The van der Waals surface area contributed by atoms with Gasteiger partial charge in [0.2, 0.25) is 5.91 Å². The second kappa shape index (κ2) is 8.29. The van der Waals surface area contributed by atoms with Crippen LogP contribution in [-0.2, 0) is 11.2 Å². The topological polar surface area (TPSA) is 85.1 Å². The zero-order chi connectivity index (χ0) is 18.5. The van der Waals surface area contributed by atoms with Crippen molar-refractivity contribution >= 4 is 44.9 Å². The first kappa shape index (κ1) is 18.3. The molecule has 0 bridgehead atoms. The van der Waals surface area contributed by atoms with Crippen molar-refractivity contribution in [3.05, 3.63) is 63.7 Å². The molecule has 0 saturated carbocycles. The number of nitrogens with one attached hydrogen (secondary N) is 1. The first-order valence-corrected chi connectivity index (χ1v) is 9.82. The number of thioether (sulfide) groups is 1. The van der Waals surface area contributed by atoms with Crippen LogP contribution >= 0.6 is 23.1 Å². The zero-order valence-electron chi connectivity index (χ0n) is 14.1. The zero-order valence-corrected chi connectivity index (χ0v) is 15.7. The van der Waals surface area contributed by atoms with Gasteiger partial charge in [-0.1, -0.05) is 36.0 Å². The second-order valence-electron chi connectivity index (χ2n) is 5.70. The molecule has 1 aromatic heterocycles. The third-order valence-electron chi connectivity index (χ3n) is 3.87. The van der Waals surface area contributed by atoms with Crippen molar-refractivity contribution in [1.29, 1.82) is 0 Å². The van der Waals surface area contributed by atoms with Gasteiger partial charge in [-0.3, -0.25) is 14.9 Å². The number of rotatable bonds is 7. The van der Waals surface area contributed by atoms with E-state index in [0.29, 0.717) is 12.1 Å². The smallest absolute Gasteiger partial charge is 0.270 e. The summed E-state index contributed by atoms with van der Waals surface area (Å²) >= 11 is 2.70. The number of aromatic nitrogens is 1. The number of benzene rings is 2. The monoisotopic (exact) mass is 387 g/mol. The van der Waals surface area contributed by atoms with E-state index in [9.17, 15) is 14.9 Å². The van der Waals surface area contributed by atoms with E-state index in [0.717, 1.165) is 15.5 Å². The highest BCUT2D eigenvalue weighted by molar-refractivity contribution is 8.01. The summed E-state index contributed by atoms with van der Waals surface area (Å²) in [4.78, 5) is 26.8. The van der Waals surface area contributed by atoms with Crippen molar-refractivity contribution in [2.75, 3.05) is 12.3 Å². The van der Waals surface area contributed by atoms with E-state index in [4.69, 9.17) is 0 Å². The van der Waals surface area contributed by atoms with Crippen molar-refractivity contribution in [2.45, 2.75) is 17.7 Å². The Labute approximate surface area is 158 Å². The molecule has 0 radical (unpaired) electrons. The second-order valence-corrected chi connectivity index (χ2v) is 7.96. The minimum atomic E-state index is -0.423. The molecule has 134 valence electrons. The van der Waals surface area contributed by atoms with Crippen LogP contribution in [0.4, 0.5) is 5.69 Å². The number of hydrogen-bond donors (Lipinski definition) is 1. The lowest BCUT2D eigenvalue weighted by molar-refractivity contribution is -0.384. The van der Waals surface area contributed by atoms with Gasteiger partial charge in [0.25, 0.3) is 5.69 Å². The van der Waals surface area contributed by atoms with Gasteiger partial charge < -0.3 is 5.32 Å². The normalized spacial score (nSPS) is 10.8. The molecule has 1 heterocycles. The van der Waals surface area contributed by atoms with Crippen LogP contribution in [0.2, 0.25) is 0 Å². The van der Waals surface area contributed by atoms with E-state index in [1.807, 2.05) is 12.1 Å². The summed E-state index contributed by atoms with van der Waals surface area (Å²) in [6.45, 7) is 2.65. The average molecular weight is 387 g/mol. The maximum Gasteiger partial charge on any atom is 0.270 e. The van der Waals surface area contributed by atoms with Crippen molar-refractivity contribution < 1.29 is 9.72 Å². The van der Waals surface area contributed by atoms with E-state index in [2.05, 4.69) is 29.4 Å². The maximum atomic E-state index is 12.0. The average Bonchev–Trinajstić information content (AvgIpc) is 3.03. The van der Waals surface area contributed by atoms with Gasteiger partial charge in [-0.05, 0) is 30.5 Å². The number of nitrogens with zero attached hydrogens (tertiary/aromatic N) is 2. The molecule has 1 amide bonds. The number of amides is 1. The highest BCUT2D eigenvalue weighted by atomic mass is 32.2. The van der Waals surface area contributed by atoms with Gasteiger partial charge in [0.1, 0.15) is 0 Å². The number of thiazole rings is 1. The number of carbonyl (C=O) groups is 1. The molecule has 0 fully saturated rings. The number of fused-ring (bicyclic) bond motifs is 1. The Balaban J connectivity index is 1.50. The van der Waals surface area contributed by atoms with Crippen molar-refractivity contribution in [2.24, 2.45) is 0 Å². The van der Waals surface area contributed by atoms with E-state index in [1.54, 1.807) is 6.07 Å². The van der Waals surface area contributed by atoms with E-state index in [-0.39, 0.29) is 17.3 Å². The van der Waals surface area contributed by atoms with Gasteiger partial charge >= 0.3 is 0 Å². The molecular formula is C18H17N3O3S2. The fraction of sp³-hybridized carbons (Fsp3) is 0.222. The van der Waals surface area contributed by atoms with Crippen LogP contribution in [0.25, 0.3) is 10.2 Å². The third kappa shape index (κ3) is 4.59. The van der Waals surface area contributed by atoms with Crippen LogP contribution < -0.4 is 5.32 Å². The SMILES string of the molecule is Cc1ccccc1CCNC(=O)CSc1nc2ccc([N+](=O)[O-])cc2s1. The van der Waals surface area contributed by atoms with Crippen molar-refractivity contribution in [1.82, 2.24) is 10.3 Å². The van der Waals surface area contributed by atoms with Gasteiger partial charge in [-0.15, -0.1) is 11.3 Å². The number of hydrogen-bond acceptors (Lipinski definition) is 6. The van der Waals surface area contributed by atoms with Crippen LogP contribution in [0.3, 0.4) is 0 Å². The van der Waals surface area contributed by atoms with Gasteiger partial charge in [-0.2, -0.15) is 0 Å². The van der Waals surface area contributed by atoms with Crippen LogP contribution in [0.1, 0.15) is 11.1 Å². The number of carbonyl (C=O) groups excluding carboxylic acids is 1. The Morgan fingerprint density at radius 1 is 1.31 bits per heavy atom. The number of aryl methyl sites for hydroxylation is 1.